The zero-order valence-corrected chi connectivity index (χ0v) is 25.1. The molecule has 0 N–H and O–H groups in total. The molecular formula is C44H28N2. The van der Waals surface area contributed by atoms with Gasteiger partial charge in [0.2, 0.25) is 0 Å². The molecule has 7 aromatic carbocycles. The molecule has 9 rings (SSSR count). The Kier molecular flexibility index (Phi) is 6.17. The van der Waals surface area contributed by atoms with Gasteiger partial charge in [0.05, 0.1) is 11.0 Å². The van der Waals surface area contributed by atoms with Gasteiger partial charge in [0.15, 0.2) is 0 Å². The monoisotopic (exact) mass is 584 g/mol. The van der Waals surface area contributed by atoms with Crippen LogP contribution in [0.4, 0.5) is 0 Å². The first kappa shape index (κ1) is 26.3. The lowest BCUT2D eigenvalue weighted by molar-refractivity contribution is 1.41. The van der Waals surface area contributed by atoms with E-state index in [2.05, 4.69) is 146 Å². The standard InChI is InChI=1S/C44H28N2/c1-3-11-29(12-4-1)43-37-21-19-32(36-24-34-16-8-10-18-42(34)46-28-36)26-40(37)44(30-13-5-2-6-14-30)38-22-20-31(25-39(38)43)35-23-33-15-7-9-17-41(33)45-27-35/h1-28H. The third-order valence-corrected chi connectivity index (χ3v) is 9.09. The molecule has 0 fully saturated rings. The Morgan fingerprint density at radius 1 is 0.283 bits per heavy atom. The zero-order valence-electron chi connectivity index (χ0n) is 25.1. The number of nitrogens with zero attached hydrogens (tertiary/aromatic N) is 2. The fraction of sp³-hybridized carbons (Fsp3) is 0. The molecule has 0 aliphatic heterocycles. The van der Waals surface area contributed by atoms with E-state index in [4.69, 9.17) is 9.97 Å². The highest BCUT2D eigenvalue weighted by Gasteiger charge is 2.18. The Bertz CT molecular complexity index is 2390. The van der Waals surface area contributed by atoms with E-state index in [1.165, 1.54) is 43.8 Å². The van der Waals surface area contributed by atoms with Crippen LogP contribution in [0.5, 0.6) is 0 Å². The summed E-state index contributed by atoms with van der Waals surface area (Å²) in [6.45, 7) is 0. The summed E-state index contributed by atoms with van der Waals surface area (Å²) in [5, 5.41) is 7.18. The van der Waals surface area contributed by atoms with Crippen molar-refractivity contribution in [3.63, 3.8) is 0 Å². The van der Waals surface area contributed by atoms with Gasteiger partial charge in [-0.3, -0.25) is 9.97 Å². The second-order valence-corrected chi connectivity index (χ2v) is 11.8. The molecule has 2 aromatic heterocycles. The molecule has 0 unspecified atom stereocenters. The second-order valence-electron chi connectivity index (χ2n) is 11.8. The van der Waals surface area contributed by atoms with Gasteiger partial charge in [-0.1, -0.05) is 121 Å². The molecule has 0 aliphatic carbocycles. The van der Waals surface area contributed by atoms with Crippen LogP contribution >= 0.6 is 0 Å². The molecule has 0 radical (unpaired) electrons. The van der Waals surface area contributed by atoms with Crippen molar-refractivity contribution in [3.8, 4) is 44.5 Å². The molecule has 0 saturated heterocycles. The summed E-state index contributed by atoms with van der Waals surface area (Å²) in [6.07, 6.45) is 3.99. The van der Waals surface area contributed by atoms with Crippen molar-refractivity contribution < 1.29 is 0 Å². The van der Waals surface area contributed by atoms with E-state index in [0.29, 0.717) is 0 Å². The fourth-order valence-electron chi connectivity index (χ4n) is 6.88. The molecule has 0 atom stereocenters. The van der Waals surface area contributed by atoms with Crippen LogP contribution in [0.1, 0.15) is 0 Å². The van der Waals surface area contributed by atoms with Gasteiger partial charge in [-0.2, -0.15) is 0 Å². The Labute approximate surface area is 267 Å². The summed E-state index contributed by atoms with van der Waals surface area (Å²) >= 11 is 0. The van der Waals surface area contributed by atoms with Crippen LogP contribution in [0.15, 0.2) is 170 Å². The van der Waals surface area contributed by atoms with Crippen molar-refractivity contribution in [1.82, 2.24) is 9.97 Å². The Balaban J connectivity index is 1.37. The van der Waals surface area contributed by atoms with Gasteiger partial charge in [-0.05, 0) is 91.3 Å². The van der Waals surface area contributed by atoms with Gasteiger partial charge in [-0.25, -0.2) is 0 Å². The average Bonchev–Trinajstić information content (AvgIpc) is 3.13. The van der Waals surface area contributed by atoms with Gasteiger partial charge in [0, 0.05) is 34.3 Å². The first-order valence-corrected chi connectivity index (χ1v) is 15.6. The molecule has 0 aliphatic rings. The summed E-state index contributed by atoms with van der Waals surface area (Å²) in [5.41, 5.74) is 11.4. The van der Waals surface area contributed by atoms with Crippen molar-refractivity contribution in [1.29, 1.82) is 0 Å². The summed E-state index contributed by atoms with van der Waals surface area (Å²) < 4.78 is 0. The zero-order chi connectivity index (χ0) is 30.5. The number of rotatable bonds is 4. The maximum absolute atomic E-state index is 4.79. The number of benzene rings is 7. The molecular weight excluding hydrogens is 556 g/mol. The minimum Gasteiger partial charge on any atom is -0.256 e. The lowest BCUT2D eigenvalue weighted by Gasteiger charge is -2.19. The highest BCUT2D eigenvalue weighted by Crippen LogP contribution is 2.46. The van der Waals surface area contributed by atoms with Crippen molar-refractivity contribution in [2.45, 2.75) is 0 Å². The number of hydrogen-bond acceptors (Lipinski definition) is 2. The SMILES string of the molecule is c1ccc(-c2c3ccc(-c4cnc5ccccc5c4)cc3c(-c3ccccc3)c3ccc(-c4cnc5ccccc5c4)cc23)cc1. The van der Waals surface area contributed by atoms with Gasteiger partial charge in [0.1, 0.15) is 0 Å². The normalized spacial score (nSPS) is 11.5. The number of aromatic nitrogens is 2. The van der Waals surface area contributed by atoms with Crippen LogP contribution in [0.3, 0.4) is 0 Å². The fourth-order valence-corrected chi connectivity index (χ4v) is 6.88. The number of fused-ring (bicyclic) bond motifs is 4. The van der Waals surface area contributed by atoms with Crippen LogP contribution in [-0.4, -0.2) is 9.97 Å². The smallest absolute Gasteiger partial charge is 0.0702 e. The maximum Gasteiger partial charge on any atom is 0.0702 e. The molecule has 2 heteroatoms. The molecule has 0 saturated carbocycles. The molecule has 214 valence electrons. The van der Waals surface area contributed by atoms with Crippen molar-refractivity contribution in [2.24, 2.45) is 0 Å². The van der Waals surface area contributed by atoms with Gasteiger partial charge in [-0.15, -0.1) is 0 Å². The second kappa shape index (κ2) is 10.8. The Hall–Kier alpha value is -6.12. The highest BCUT2D eigenvalue weighted by molar-refractivity contribution is 6.22. The van der Waals surface area contributed by atoms with Gasteiger partial charge >= 0.3 is 0 Å². The molecule has 2 heterocycles. The summed E-state index contributed by atoms with van der Waals surface area (Å²) in [6, 6.07) is 56.5. The third kappa shape index (κ3) is 4.43. The minimum absolute atomic E-state index is 1.01. The van der Waals surface area contributed by atoms with Crippen molar-refractivity contribution in [2.75, 3.05) is 0 Å². The third-order valence-electron chi connectivity index (χ3n) is 9.09. The molecule has 0 bridgehead atoms. The number of para-hydroxylation sites is 2. The lowest BCUT2D eigenvalue weighted by Crippen LogP contribution is -1.93. The van der Waals surface area contributed by atoms with Gasteiger partial charge in [0.25, 0.3) is 0 Å². The predicted octanol–water partition coefficient (Wildman–Crippen LogP) is 11.8. The Morgan fingerprint density at radius 3 is 1.15 bits per heavy atom. The Morgan fingerprint density at radius 2 is 0.696 bits per heavy atom. The quantitative estimate of drug-likeness (QED) is 0.192. The van der Waals surface area contributed by atoms with Gasteiger partial charge < -0.3 is 0 Å². The van der Waals surface area contributed by atoms with Crippen LogP contribution in [-0.2, 0) is 0 Å². The van der Waals surface area contributed by atoms with Crippen LogP contribution in [0.2, 0.25) is 0 Å². The lowest BCUT2D eigenvalue weighted by atomic mass is 9.84. The topological polar surface area (TPSA) is 25.8 Å². The van der Waals surface area contributed by atoms with Crippen LogP contribution in [0.25, 0.3) is 87.9 Å². The molecule has 9 aromatic rings. The van der Waals surface area contributed by atoms with E-state index in [0.717, 1.165) is 44.1 Å². The largest absolute Gasteiger partial charge is 0.256 e. The van der Waals surface area contributed by atoms with Crippen molar-refractivity contribution in [3.05, 3.63) is 170 Å². The minimum atomic E-state index is 1.01. The molecule has 0 spiro atoms. The van der Waals surface area contributed by atoms with E-state index in [1.807, 2.05) is 24.5 Å². The maximum atomic E-state index is 4.79. The summed E-state index contributed by atoms with van der Waals surface area (Å²) in [7, 11) is 0. The first-order valence-electron chi connectivity index (χ1n) is 15.6. The van der Waals surface area contributed by atoms with Crippen molar-refractivity contribution >= 4 is 43.4 Å². The van der Waals surface area contributed by atoms with E-state index < -0.39 is 0 Å². The van der Waals surface area contributed by atoms with E-state index in [-0.39, 0.29) is 0 Å². The van der Waals surface area contributed by atoms with E-state index >= 15 is 0 Å². The summed E-state index contributed by atoms with van der Waals surface area (Å²) in [4.78, 5) is 9.57. The summed E-state index contributed by atoms with van der Waals surface area (Å²) in [5.74, 6) is 0. The first-order chi connectivity index (χ1) is 22.8. The van der Waals surface area contributed by atoms with E-state index in [9.17, 15) is 0 Å². The molecule has 0 amide bonds. The number of hydrogen-bond donors (Lipinski definition) is 0. The van der Waals surface area contributed by atoms with Crippen LogP contribution in [0, 0.1) is 0 Å². The van der Waals surface area contributed by atoms with Crippen LogP contribution < -0.4 is 0 Å². The molecule has 46 heavy (non-hydrogen) atoms. The predicted molar refractivity (Wildman–Crippen MR) is 194 cm³/mol. The number of pyridine rings is 2. The highest BCUT2D eigenvalue weighted by atomic mass is 14.7. The average molecular weight is 585 g/mol. The van der Waals surface area contributed by atoms with E-state index in [1.54, 1.807) is 0 Å². The molecule has 2 nitrogen and oxygen atoms in total.